The van der Waals surface area contributed by atoms with Crippen molar-refractivity contribution in [2.45, 2.75) is 45.7 Å². The Morgan fingerprint density at radius 3 is 2.91 bits per heavy atom. The van der Waals surface area contributed by atoms with Gasteiger partial charge in [-0.2, -0.15) is 5.10 Å². The van der Waals surface area contributed by atoms with E-state index in [1.165, 1.54) is 0 Å². The van der Waals surface area contributed by atoms with Gasteiger partial charge in [-0.15, -0.1) is 0 Å². The molecule has 0 aliphatic carbocycles. The highest BCUT2D eigenvalue weighted by atomic mass is 16.2. The summed E-state index contributed by atoms with van der Waals surface area (Å²) < 4.78 is 1.94. The van der Waals surface area contributed by atoms with Gasteiger partial charge in [0.15, 0.2) is 0 Å². The standard InChI is InChI=1S/C16H21N5O/c1-11(2)21-16(6-7-18-21)14-10-17-9-13(19-14)15-5-4-8-20(15)12(3)22/h6-7,9-11,15H,4-5,8H2,1-3H3/t15-/m1/s1. The minimum atomic E-state index is 0.0420. The van der Waals surface area contributed by atoms with Gasteiger partial charge in [0.1, 0.15) is 5.69 Å². The fourth-order valence-corrected chi connectivity index (χ4v) is 3.04. The Morgan fingerprint density at radius 1 is 1.36 bits per heavy atom. The average Bonchev–Trinajstić information content (AvgIpc) is 3.16. The van der Waals surface area contributed by atoms with Crippen LogP contribution in [0.2, 0.25) is 0 Å². The molecule has 6 nitrogen and oxygen atoms in total. The molecule has 0 N–H and O–H groups in total. The van der Waals surface area contributed by atoms with Crippen LogP contribution in [0.25, 0.3) is 11.4 Å². The van der Waals surface area contributed by atoms with Crippen LogP contribution in [0.1, 0.15) is 51.4 Å². The highest BCUT2D eigenvalue weighted by Gasteiger charge is 2.29. The minimum absolute atomic E-state index is 0.0420. The topological polar surface area (TPSA) is 63.9 Å². The molecule has 22 heavy (non-hydrogen) atoms. The lowest BCUT2D eigenvalue weighted by Gasteiger charge is -2.22. The third-order valence-electron chi connectivity index (χ3n) is 4.07. The van der Waals surface area contributed by atoms with Gasteiger partial charge in [0.05, 0.1) is 29.8 Å². The Balaban J connectivity index is 1.96. The summed E-state index contributed by atoms with van der Waals surface area (Å²) >= 11 is 0. The summed E-state index contributed by atoms with van der Waals surface area (Å²) in [5, 5.41) is 4.35. The first kappa shape index (κ1) is 14.7. The molecule has 1 atom stereocenters. The minimum Gasteiger partial charge on any atom is -0.334 e. The number of rotatable bonds is 3. The van der Waals surface area contributed by atoms with Crippen LogP contribution >= 0.6 is 0 Å². The molecule has 0 aromatic carbocycles. The van der Waals surface area contributed by atoms with E-state index in [1.807, 2.05) is 15.6 Å². The summed E-state index contributed by atoms with van der Waals surface area (Å²) in [4.78, 5) is 22.7. The van der Waals surface area contributed by atoms with E-state index in [0.29, 0.717) is 0 Å². The van der Waals surface area contributed by atoms with E-state index in [4.69, 9.17) is 4.98 Å². The lowest BCUT2D eigenvalue weighted by Crippen LogP contribution is -2.28. The van der Waals surface area contributed by atoms with Crippen molar-refractivity contribution >= 4 is 5.91 Å². The van der Waals surface area contributed by atoms with Crippen molar-refractivity contribution in [3.05, 3.63) is 30.4 Å². The molecule has 1 saturated heterocycles. The van der Waals surface area contributed by atoms with Gasteiger partial charge in [-0.25, -0.2) is 4.98 Å². The lowest BCUT2D eigenvalue weighted by molar-refractivity contribution is -0.129. The van der Waals surface area contributed by atoms with E-state index in [-0.39, 0.29) is 18.0 Å². The lowest BCUT2D eigenvalue weighted by atomic mass is 10.1. The van der Waals surface area contributed by atoms with Gasteiger partial charge in [0.25, 0.3) is 0 Å². The quantitative estimate of drug-likeness (QED) is 0.874. The molecule has 3 rings (SSSR count). The van der Waals surface area contributed by atoms with Crippen molar-refractivity contribution in [1.82, 2.24) is 24.6 Å². The maximum atomic E-state index is 11.8. The van der Waals surface area contributed by atoms with Crippen molar-refractivity contribution in [3.63, 3.8) is 0 Å². The molecule has 0 bridgehead atoms. The van der Waals surface area contributed by atoms with E-state index >= 15 is 0 Å². The summed E-state index contributed by atoms with van der Waals surface area (Å²) in [5.74, 6) is 0.0990. The zero-order chi connectivity index (χ0) is 15.7. The molecule has 0 saturated carbocycles. The van der Waals surface area contributed by atoms with E-state index in [1.54, 1.807) is 25.5 Å². The first-order valence-corrected chi connectivity index (χ1v) is 7.71. The number of aromatic nitrogens is 4. The third-order valence-corrected chi connectivity index (χ3v) is 4.07. The van der Waals surface area contributed by atoms with Crippen LogP contribution < -0.4 is 0 Å². The second-order valence-corrected chi connectivity index (χ2v) is 5.95. The summed E-state index contributed by atoms with van der Waals surface area (Å²) in [5.41, 5.74) is 2.62. The van der Waals surface area contributed by atoms with Gasteiger partial charge in [-0.3, -0.25) is 14.5 Å². The molecule has 0 spiro atoms. The van der Waals surface area contributed by atoms with Gasteiger partial charge in [-0.1, -0.05) is 0 Å². The Kier molecular flexibility index (Phi) is 3.92. The number of carbonyl (C=O) groups excluding carboxylic acids is 1. The molecule has 1 aliphatic heterocycles. The Bertz CT molecular complexity index is 679. The molecule has 1 amide bonds. The van der Waals surface area contributed by atoms with Gasteiger partial charge >= 0.3 is 0 Å². The molecular weight excluding hydrogens is 278 g/mol. The number of carbonyl (C=O) groups is 1. The van der Waals surface area contributed by atoms with Gasteiger partial charge < -0.3 is 4.90 Å². The smallest absolute Gasteiger partial charge is 0.220 e. The van der Waals surface area contributed by atoms with Gasteiger partial charge in [0.2, 0.25) is 5.91 Å². The molecular formula is C16H21N5O. The second-order valence-electron chi connectivity index (χ2n) is 5.95. The average molecular weight is 299 g/mol. The molecule has 2 aromatic rings. The molecule has 2 aromatic heterocycles. The highest BCUT2D eigenvalue weighted by Crippen LogP contribution is 2.31. The number of hydrogen-bond acceptors (Lipinski definition) is 4. The van der Waals surface area contributed by atoms with Crippen LogP contribution in [-0.2, 0) is 4.79 Å². The Morgan fingerprint density at radius 2 is 2.18 bits per heavy atom. The first-order chi connectivity index (χ1) is 10.6. The summed E-state index contributed by atoms with van der Waals surface area (Å²) in [7, 11) is 0. The van der Waals surface area contributed by atoms with E-state index in [2.05, 4.69) is 23.9 Å². The van der Waals surface area contributed by atoms with Crippen LogP contribution in [0.3, 0.4) is 0 Å². The van der Waals surface area contributed by atoms with E-state index < -0.39 is 0 Å². The van der Waals surface area contributed by atoms with Crippen molar-refractivity contribution in [1.29, 1.82) is 0 Å². The fourth-order valence-electron chi connectivity index (χ4n) is 3.04. The first-order valence-electron chi connectivity index (χ1n) is 7.71. The molecule has 1 aliphatic rings. The van der Waals surface area contributed by atoms with Crippen LogP contribution in [0.15, 0.2) is 24.7 Å². The molecule has 0 unspecified atom stereocenters. The van der Waals surface area contributed by atoms with Gasteiger partial charge in [-0.05, 0) is 32.8 Å². The predicted molar refractivity (Wildman–Crippen MR) is 83.0 cm³/mol. The SMILES string of the molecule is CC(=O)N1CCC[C@@H]1c1cncc(-c2ccnn2C(C)C)n1. The normalized spacial score (nSPS) is 18.2. The van der Waals surface area contributed by atoms with Crippen LogP contribution in [-0.4, -0.2) is 37.1 Å². The number of nitrogens with zero attached hydrogens (tertiary/aromatic N) is 5. The van der Waals surface area contributed by atoms with Crippen molar-refractivity contribution in [2.75, 3.05) is 6.54 Å². The largest absolute Gasteiger partial charge is 0.334 e. The van der Waals surface area contributed by atoms with E-state index in [0.717, 1.165) is 36.5 Å². The van der Waals surface area contributed by atoms with Crippen molar-refractivity contribution < 1.29 is 4.79 Å². The number of hydrogen-bond donors (Lipinski definition) is 0. The zero-order valence-electron chi connectivity index (χ0n) is 13.2. The van der Waals surface area contributed by atoms with Crippen molar-refractivity contribution in [3.8, 4) is 11.4 Å². The molecule has 0 radical (unpaired) electrons. The summed E-state index contributed by atoms with van der Waals surface area (Å²) in [6.07, 6.45) is 7.26. The monoisotopic (exact) mass is 299 g/mol. The molecule has 3 heterocycles. The Hall–Kier alpha value is -2.24. The predicted octanol–water partition coefficient (Wildman–Crippen LogP) is 2.60. The summed E-state index contributed by atoms with van der Waals surface area (Å²) in [6, 6.07) is 2.25. The van der Waals surface area contributed by atoms with Crippen molar-refractivity contribution in [2.24, 2.45) is 0 Å². The second kappa shape index (κ2) is 5.87. The van der Waals surface area contributed by atoms with Crippen LogP contribution in [0, 0.1) is 0 Å². The number of amides is 1. The maximum Gasteiger partial charge on any atom is 0.220 e. The van der Waals surface area contributed by atoms with Crippen LogP contribution in [0.5, 0.6) is 0 Å². The molecule has 6 heteroatoms. The Labute approximate surface area is 130 Å². The maximum absolute atomic E-state index is 11.8. The third kappa shape index (κ3) is 2.61. The van der Waals surface area contributed by atoms with Gasteiger partial charge in [0, 0.05) is 25.7 Å². The molecule has 116 valence electrons. The fraction of sp³-hybridized carbons (Fsp3) is 0.500. The highest BCUT2D eigenvalue weighted by molar-refractivity contribution is 5.74. The number of likely N-dealkylation sites (tertiary alicyclic amines) is 1. The summed E-state index contributed by atoms with van der Waals surface area (Å²) in [6.45, 7) is 6.59. The van der Waals surface area contributed by atoms with E-state index in [9.17, 15) is 4.79 Å². The molecule has 1 fully saturated rings. The zero-order valence-corrected chi connectivity index (χ0v) is 13.2. The van der Waals surface area contributed by atoms with Crippen LogP contribution in [0.4, 0.5) is 0 Å².